The van der Waals surface area contributed by atoms with Crippen molar-refractivity contribution in [3.8, 4) is 6.07 Å². The molecular weight excluding hydrogens is 304 g/mol. The van der Waals surface area contributed by atoms with Crippen molar-refractivity contribution in [1.82, 2.24) is 0 Å². The van der Waals surface area contributed by atoms with E-state index >= 15 is 0 Å². The van der Waals surface area contributed by atoms with Gasteiger partial charge in [-0.3, -0.25) is 10.1 Å². The number of nitro groups is 1. The van der Waals surface area contributed by atoms with Crippen LogP contribution in [0.5, 0.6) is 0 Å². The van der Waals surface area contributed by atoms with E-state index in [9.17, 15) is 14.9 Å². The van der Waals surface area contributed by atoms with Gasteiger partial charge < -0.3 is 4.74 Å². The van der Waals surface area contributed by atoms with Crippen LogP contribution in [0.25, 0.3) is 0 Å². The molecule has 0 saturated carbocycles. The van der Waals surface area contributed by atoms with Crippen molar-refractivity contribution in [2.45, 2.75) is 9.79 Å². The summed E-state index contributed by atoms with van der Waals surface area (Å²) in [6.45, 7) is 0. The standard InChI is InChI=1S/C15H10N2O4S/c1-21-15(18)13-8-11(17(19)20)4-7-14(13)22-12-5-2-10(9-16)3-6-12/h2-8H,1H3. The van der Waals surface area contributed by atoms with Gasteiger partial charge in [0.25, 0.3) is 5.69 Å². The van der Waals surface area contributed by atoms with Crippen molar-refractivity contribution >= 4 is 23.4 Å². The van der Waals surface area contributed by atoms with Gasteiger partial charge in [0.2, 0.25) is 0 Å². The Balaban J connectivity index is 2.38. The van der Waals surface area contributed by atoms with Crippen molar-refractivity contribution in [3.63, 3.8) is 0 Å². The van der Waals surface area contributed by atoms with Gasteiger partial charge in [-0.15, -0.1) is 0 Å². The first kappa shape index (κ1) is 15.5. The number of hydrogen-bond donors (Lipinski definition) is 0. The van der Waals surface area contributed by atoms with Crippen molar-refractivity contribution < 1.29 is 14.5 Å². The maximum Gasteiger partial charge on any atom is 0.339 e. The Kier molecular flexibility index (Phi) is 4.76. The highest BCUT2D eigenvalue weighted by Crippen LogP contribution is 2.33. The Morgan fingerprint density at radius 3 is 2.50 bits per heavy atom. The van der Waals surface area contributed by atoms with Gasteiger partial charge in [0, 0.05) is 21.9 Å². The van der Waals surface area contributed by atoms with Crippen LogP contribution in [0, 0.1) is 21.4 Å². The summed E-state index contributed by atoms with van der Waals surface area (Å²) in [6.07, 6.45) is 0. The van der Waals surface area contributed by atoms with E-state index in [0.29, 0.717) is 10.5 Å². The molecule has 2 aromatic carbocycles. The van der Waals surface area contributed by atoms with E-state index in [1.807, 2.05) is 6.07 Å². The van der Waals surface area contributed by atoms with Gasteiger partial charge in [-0.05, 0) is 30.3 Å². The zero-order valence-electron chi connectivity index (χ0n) is 11.5. The average Bonchev–Trinajstić information content (AvgIpc) is 2.55. The molecule has 0 aromatic heterocycles. The summed E-state index contributed by atoms with van der Waals surface area (Å²) >= 11 is 1.26. The highest BCUT2D eigenvalue weighted by molar-refractivity contribution is 7.99. The number of non-ortho nitro benzene ring substituents is 1. The highest BCUT2D eigenvalue weighted by atomic mass is 32.2. The van der Waals surface area contributed by atoms with Gasteiger partial charge in [-0.1, -0.05) is 11.8 Å². The molecule has 0 N–H and O–H groups in total. The molecule has 0 fully saturated rings. The maximum atomic E-state index is 11.8. The van der Waals surface area contributed by atoms with Gasteiger partial charge in [-0.2, -0.15) is 5.26 Å². The minimum absolute atomic E-state index is 0.131. The summed E-state index contributed by atoms with van der Waals surface area (Å²) in [6, 6.07) is 12.8. The molecule has 2 rings (SSSR count). The summed E-state index contributed by atoms with van der Waals surface area (Å²) in [5.41, 5.74) is 0.483. The molecule has 0 unspecified atom stereocenters. The van der Waals surface area contributed by atoms with Crippen LogP contribution in [0.2, 0.25) is 0 Å². The third kappa shape index (κ3) is 3.42. The lowest BCUT2D eigenvalue weighted by molar-refractivity contribution is -0.384. The fourth-order valence-electron chi connectivity index (χ4n) is 1.71. The molecular formula is C15H10N2O4S. The molecule has 0 saturated heterocycles. The van der Waals surface area contributed by atoms with E-state index in [0.717, 1.165) is 4.90 Å². The summed E-state index contributed by atoms with van der Waals surface area (Å²) in [5, 5.41) is 19.6. The quantitative estimate of drug-likeness (QED) is 0.488. The topological polar surface area (TPSA) is 93.2 Å². The summed E-state index contributed by atoms with van der Waals surface area (Å²) in [4.78, 5) is 23.4. The Labute approximate surface area is 130 Å². The largest absolute Gasteiger partial charge is 0.465 e. The lowest BCUT2D eigenvalue weighted by Gasteiger charge is -2.07. The number of benzene rings is 2. The Bertz CT molecular complexity index is 766. The molecule has 7 heteroatoms. The van der Waals surface area contributed by atoms with Gasteiger partial charge >= 0.3 is 5.97 Å². The monoisotopic (exact) mass is 314 g/mol. The van der Waals surface area contributed by atoms with E-state index in [4.69, 9.17) is 5.26 Å². The molecule has 2 aromatic rings. The molecule has 0 amide bonds. The van der Waals surface area contributed by atoms with Crippen LogP contribution < -0.4 is 0 Å². The summed E-state index contributed by atoms with van der Waals surface area (Å²) in [5.74, 6) is -0.639. The SMILES string of the molecule is COC(=O)c1cc([N+](=O)[O-])ccc1Sc1ccc(C#N)cc1. The Hall–Kier alpha value is -2.85. The van der Waals surface area contributed by atoms with Crippen LogP contribution in [0.4, 0.5) is 5.69 Å². The van der Waals surface area contributed by atoms with Crippen LogP contribution in [0.1, 0.15) is 15.9 Å². The van der Waals surface area contributed by atoms with Crippen LogP contribution in [-0.2, 0) is 4.74 Å². The molecule has 0 aliphatic carbocycles. The van der Waals surface area contributed by atoms with E-state index < -0.39 is 10.9 Å². The molecule has 0 spiro atoms. The van der Waals surface area contributed by atoms with Gasteiger partial charge in [0.1, 0.15) is 0 Å². The lowest BCUT2D eigenvalue weighted by atomic mass is 10.2. The average molecular weight is 314 g/mol. The molecule has 0 radical (unpaired) electrons. The van der Waals surface area contributed by atoms with E-state index in [1.54, 1.807) is 24.3 Å². The number of methoxy groups -OCH3 is 1. The van der Waals surface area contributed by atoms with E-state index in [2.05, 4.69) is 4.74 Å². The molecule has 6 nitrogen and oxygen atoms in total. The minimum Gasteiger partial charge on any atom is -0.465 e. The molecule has 0 aliphatic rings. The second-order valence-electron chi connectivity index (χ2n) is 4.17. The number of rotatable bonds is 4. The van der Waals surface area contributed by atoms with Crippen molar-refractivity contribution in [2.75, 3.05) is 7.11 Å². The van der Waals surface area contributed by atoms with Gasteiger partial charge in [0.15, 0.2) is 0 Å². The molecule has 0 atom stereocenters. The first-order valence-electron chi connectivity index (χ1n) is 6.10. The third-order valence-corrected chi connectivity index (χ3v) is 3.87. The van der Waals surface area contributed by atoms with Crippen LogP contribution in [0.3, 0.4) is 0 Å². The number of nitriles is 1. The molecule has 0 bridgehead atoms. The normalized spacial score (nSPS) is 9.82. The predicted octanol–water partition coefficient (Wildman–Crippen LogP) is 3.40. The van der Waals surface area contributed by atoms with E-state index in [-0.39, 0.29) is 11.3 Å². The number of hydrogen-bond acceptors (Lipinski definition) is 6. The third-order valence-electron chi connectivity index (χ3n) is 2.79. The van der Waals surface area contributed by atoms with E-state index in [1.165, 1.54) is 37.1 Å². The van der Waals surface area contributed by atoms with Gasteiger partial charge in [0.05, 0.1) is 29.2 Å². The lowest BCUT2D eigenvalue weighted by Crippen LogP contribution is -2.04. The van der Waals surface area contributed by atoms with Crippen molar-refractivity contribution in [3.05, 3.63) is 63.7 Å². The number of ether oxygens (including phenoxy) is 1. The van der Waals surface area contributed by atoms with Crippen LogP contribution >= 0.6 is 11.8 Å². The zero-order valence-corrected chi connectivity index (χ0v) is 12.3. The Morgan fingerprint density at radius 1 is 1.27 bits per heavy atom. The van der Waals surface area contributed by atoms with Crippen LogP contribution in [0.15, 0.2) is 52.3 Å². The number of esters is 1. The van der Waals surface area contributed by atoms with Crippen molar-refractivity contribution in [1.29, 1.82) is 5.26 Å². The highest BCUT2D eigenvalue weighted by Gasteiger charge is 2.18. The molecule has 22 heavy (non-hydrogen) atoms. The Morgan fingerprint density at radius 2 is 1.95 bits per heavy atom. The summed E-state index contributed by atoms with van der Waals surface area (Å²) in [7, 11) is 1.22. The minimum atomic E-state index is -0.639. The fraction of sp³-hybridized carbons (Fsp3) is 0.0667. The first-order valence-corrected chi connectivity index (χ1v) is 6.91. The number of carbonyl (C=O) groups is 1. The smallest absolute Gasteiger partial charge is 0.339 e. The molecule has 0 heterocycles. The maximum absolute atomic E-state index is 11.8. The molecule has 0 aliphatic heterocycles. The number of nitro benzene ring substituents is 1. The van der Waals surface area contributed by atoms with Crippen molar-refractivity contribution in [2.24, 2.45) is 0 Å². The van der Waals surface area contributed by atoms with Gasteiger partial charge in [-0.25, -0.2) is 4.79 Å². The second kappa shape index (κ2) is 6.74. The number of nitrogens with zero attached hydrogens (tertiary/aromatic N) is 2. The predicted molar refractivity (Wildman–Crippen MR) is 79.7 cm³/mol. The summed E-state index contributed by atoms with van der Waals surface area (Å²) < 4.78 is 4.67. The fourth-order valence-corrected chi connectivity index (χ4v) is 2.63. The first-order chi connectivity index (χ1) is 10.5. The molecule has 110 valence electrons. The number of carbonyl (C=O) groups excluding carboxylic acids is 1. The zero-order chi connectivity index (χ0) is 16.1. The van der Waals surface area contributed by atoms with Crippen LogP contribution in [-0.4, -0.2) is 18.0 Å². The second-order valence-corrected chi connectivity index (χ2v) is 5.28.